The molecule has 1 atom stereocenters. The molecule has 0 aromatic heterocycles. The maximum atomic E-state index is 13.3. The first-order chi connectivity index (χ1) is 15.7. The van der Waals surface area contributed by atoms with Gasteiger partial charge in [0.25, 0.3) is 5.91 Å². The molecule has 6 nitrogen and oxygen atoms in total. The highest BCUT2D eigenvalue weighted by Gasteiger charge is 2.53. The number of nitrogens with one attached hydrogen (secondary N) is 1. The van der Waals surface area contributed by atoms with Crippen LogP contribution in [0.4, 0.5) is 0 Å². The predicted molar refractivity (Wildman–Crippen MR) is 130 cm³/mol. The van der Waals surface area contributed by atoms with Gasteiger partial charge in [0.05, 0.1) is 15.5 Å². The SMILES string of the molecule is CCN1CCN(S(=O)(=O)c2ccc(Cl)c(C(=O)NC(C)C34CC5CC(CC(C5)C3)C4)c2)CC1. The standard InChI is InChI=1S/C25H36ClN3O3S/c1-3-28-6-8-29(9-7-28)33(31,32)21-4-5-23(26)22(13-21)24(30)27-17(2)25-14-18-10-19(15-25)12-20(11-18)16-25/h4-5,13,17-20H,3,6-12,14-16H2,1-2H3,(H,27,30). The van der Waals surface area contributed by atoms with Crippen molar-refractivity contribution in [2.24, 2.45) is 23.2 Å². The molecule has 1 aliphatic heterocycles. The molecule has 5 fully saturated rings. The smallest absolute Gasteiger partial charge is 0.253 e. The molecule has 4 saturated carbocycles. The van der Waals surface area contributed by atoms with Crippen molar-refractivity contribution < 1.29 is 13.2 Å². The Hall–Kier alpha value is -1.15. The van der Waals surface area contributed by atoms with Crippen LogP contribution >= 0.6 is 11.6 Å². The molecule has 4 aliphatic carbocycles. The molecule has 1 amide bonds. The number of rotatable bonds is 6. The molecule has 1 unspecified atom stereocenters. The molecule has 8 heteroatoms. The highest BCUT2D eigenvalue weighted by Crippen LogP contribution is 2.61. The van der Waals surface area contributed by atoms with Crippen molar-refractivity contribution in [3.05, 3.63) is 28.8 Å². The van der Waals surface area contributed by atoms with E-state index in [1.807, 2.05) is 0 Å². The van der Waals surface area contributed by atoms with E-state index in [1.165, 1.54) is 55.0 Å². The number of amides is 1. The van der Waals surface area contributed by atoms with Crippen molar-refractivity contribution in [3.8, 4) is 0 Å². The van der Waals surface area contributed by atoms with E-state index in [0.717, 1.165) is 37.4 Å². The second kappa shape index (κ2) is 8.81. The van der Waals surface area contributed by atoms with Crippen molar-refractivity contribution >= 4 is 27.5 Å². The largest absolute Gasteiger partial charge is 0.349 e. The van der Waals surface area contributed by atoms with Gasteiger partial charge in [-0.15, -0.1) is 0 Å². The topological polar surface area (TPSA) is 69.7 Å². The maximum Gasteiger partial charge on any atom is 0.253 e. The van der Waals surface area contributed by atoms with Gasteiger partial charge in [-0.3, -0.25) is 4.79 Å². The summed E-state index contributed by atoms with van der Waals surface area (Å²) in [7, 11) is -3.66. The summed E-state index contributed by atoms with van der Waals surface area (Å²) in [5.74, 6) is 2.15. The summed E-state index contributed by atoms with van der Waals surface area (Å²) < 4.78 is 28.0. The molecule has 0 spiro atoms. The van der Waals surface area contributed by atoms with Gasteiger partial charge in [-0.2, -0.15) is 4.31 Å². The van der Waals surface area contributed by atoms with Gasteiger partial charge < -0.3 is 10.2 Å². The van der Waals surface area contributed by atoms with Crippen molar-refractivity contribution in [1.82, 2.24) is 14.5 Å². The molecule has 182 valence electrons. The normalized spacial score (nSPS) is 33.2. The van der Waals surface area contributed by atoms with Crippen LogP contribution in [0.5, 0.6) is 0 Å². The molecule has 1 aromatic rings. The third-order valence-electron chi connectivity index (χ3n) is 8.95. The Bertz CT molecular complexity index is 984. The summed E-state index contributed by atoms with van der Waals surface area (Å²) in [5.41, 5.74) is 0.431. The fraction of sp³-hybridized carbons (Fsp3) is 0.720. The molecule has 1 aromatic carbocycles. The Morgan fingerprint density at radius 2 is 1.67 bits per heavy atom. The minimum Gasteiger partial charge on any atom is -0.349 e. The number of hydrogen-bond donors (Lipinski definition) is 1. The summed E-state index contributed by atoms with van der Waals surface area (Å²) in [6, 6.07) is 4.58. The van der Waals surface area contributed by atoms with Crippen molar-refractivity contribution in [1.29, 1.82) is 0 Å². The molecule has 6 rings (SSSR count). The van der Waals surface area contributed by atoms with Gasteiger partial charge in [0.1, 0.15) is 0 Å². The van der Waals surface area contributed by atoms with Gasteiger partial charge in [0.15, 0.2) is 0 Å². The van der Waals surface area contributed by atoms with Crippen LogP contribution in [0.15, 0.2) is 23.1 Å². The minimum absolute atomic E-state index is 0.0526. The van der Waals surface area contributed by atoms with Gasteiger partial charge >= 0.3 is 0 Å². The van der Waals surface area contributed by atoms with E-state index in [-0.39, 0.29) is 27.8 Å². The summed E-state index contributed by atoms with van der Waals surface area (Å²) >= 11 is 6.39. The third kappa shape index (κ3) is 4.35. The first kappa shape index (κ1) is 23.6. The Balaban J connectivity index is 1.32. The number of piperazine rings is 1. The summed E-state index contributed by atoms with van der Waals surface area (Å²) in [6.07, 6.45) is 7.68. The van der Waals surface area contributed by atoms with Gasteiger partial charge in [-0.1, -0.05) is 18.5 Å². The van der Waals surface area contributed by atoms with Crippen LogP contribution in [0.2, 0.25) is 5.02 Å². The Morgan fingerprint density at radius 1 is 1.09 bits per heavy atom. The number of hydrogen-bond acceptors (Lipinski definition) is 4. The zero-order valence-corrected chi connectivity index (χ0v) is 21.3. The van der Waals surface area contributed by atoms with E-state index in [1.54, 1.807) is 6.07 Å². The highest BCUT2D eigenvalue weighted by molar-refractivity contribution is 7.89. The Morgan fingerprint density at radius 3 is 2.21 bits per heavy atom. The van der Waals surface area contributed by atoms with Crippen molar-refractivity contribution in [3.63, 3.8) is 0 Å². The zero-order valence-electron chi connectivity index (χ0n) is 19.7. The lowest BCUT2D eigenvalue weighted by Crippen LogP contribution is -2.55. The van der Waals surface area contributed by atoms with Crippen LogP contribution in [-0.4, -0.2) is 62.3 Å². The monoisotopic (exact) mass is 493 g/mol. The van der Waals surface area contributed by atoms with E-state index in [9.17, 15) is 13.2 Å². The maximum absolute atomic E-state index is 13.3. The molecule has 33 heavy (non-hydrogen) atoms. The van der Waals surface area contributed by atoms with Crippen LogP contribution in [0.3, 0.4) is 0 Å². The van der Waals surface area contributed by atoms with Gasteiger partial charge in [0, 0.05) is 32.2 Å². The van der Waals surface area contributed by atoms with Crippen LogP contribution in [-0.2, 0) is 10.0 Å². The fourth-order valence-electron chi connectivity index (χ4n) is 7.41. The number of carbonyl (C=O) groups is 1. The average Bonchev–Trinajstić information content (AvgIpc) is 2.78. The molecule has 5 aliphatic rings. The minimum atomic E-state index is -3.66. The van der Waals surface area contributed by atoms with E-state index in [0.29, 0.717) is 18.1 Å². The number of sulfonamides is 1. The van der Waals surface area contributed by atoms with Crippen LogP contribution < -0.4 is 5.32 Å². The number of likely N-dealkylation sites (N-methyl/N-ethyl adjacent to an activating group) is 1. The first-order valence-corrected chi connectivity index (χ1v) is 14.3. The summed E-state index contributed by atoms with van der Waals surface area (Å²) in [5, 5.41) is 3.52. The molecule has 1 heterocycles. The van der Waals surface area contributed by atoms with Crippen molar-refractivity contribution in [2.45, 2.75) is 63.3 Å². The number of nitrogens with zero attached hydrogens (tertiary/aromatic N) is 2. The Labute approximate surface area is 203 Å². The Kier molecular flexibility index (Phi) is 6.30. The summed E-state index contributed by atoms with van der Waals surface area (Å²) in [6.45, 7) is 7.50. The third-order valence-corrected chi connectivity index (χ3v) is 11.2. The lowest BCUT2D eigenvalue weighted by Gasteiger charge is -2.59. The van der Waals surface area contributed by atoms with Crippen LogP contribution in [0, 0.1) is 23.2 Å². The van der Waals surface area contributed by atoms with Gasteiger partial charge in [-0.25, -0.2) is 8.42 Å². The molecule has 0 radical (unpaired) electrons. The molecule has 4 bridgehead atoms. The van der Waals surface area contributed by atoms with Crippen LogP contribution in [0.25, 0.3) is 0 Å². The van der Waals surface area contributed by atoms with Gasteiger partial charge in [-0.05, 0) is 93.4 Å². The highest BCUT2D eigenvalue weighted by atomic mass is 35.5. The van der Waals surface area contributed by atoms with E-state index >= 15 is 0 Å². The quantitative estimate of drug-likeness (QED) is 0.650. The lowest BCUT2D eigenvalue weighted by molar-refractivity contribution is -0.0688. The molecular weight excluding hydrogens is 458 g/mol. The predicted octanol–water partition coefficient (Wildman–Crippen LogP) is 4.00. The van der Waals surface area contributed by atoms with Crippen molar-refractivity contribution in [2.75, 3.05) is 32.7 Å². The van der Waals surface area contributed by atoms with E-state index in [4.69, 9.17) is 11.6 Å². The second-order valence-corrected chi connectivity index (χ2v) is 13.3. The fourth-order valence-corrected chi connectivity index (χ4v) is 9.06. The van der Waals surface area contributed by atoms with Crippen LogP contribution in [0.1, 0.15) is 62.7 Å². The molecular formula is C25H36ClN3O3S. The average molecular weight is 494 g/mol. The van der Waals surface area contributed by atoms with E-state index in [2.05, 4.69) is 24.1 Å². The second-order valence-electron chi connectivity index (χ2n) is 11.0. The molecule has 1 N–H and O–H groups in total. The first-order valence-electron chi connectivity index (χ1n) is 12.5. The zero-order chi connectivity index (χ0) is 23.4. The van der Waals surface area contributed by atoms with Gasteiger partial charge in [0.2, 0.25) is 10.0 Å². The number of benzene rings is 1. The summed E-state index contributed by atoms with van der Waals surface area (Å²) in [4.78, 5) is 15.7. The molecule has 1 saturated heterocycles. The number of halogens is 1. The number of carbonyl (C=O) groups excluding carboxylic acids is 1. The lowest BCUT2D eigenvalue weighted by atomic mass is 9.48. The van der Waals surface area contributed by atoms with E-state index < -0.39 is 10.0 Å².